The topological polar surface area (TPSA) is 91.2 Å². The summed E-state index contributed by atoms with van der Waals surface area (Å²) in [4.78, 5) is 29.6. The molecule has 2 fully saturated rings. The Bertz CT molecular complexity index is 1140. The minimum absolute atomic E-state index is 0.107. The Balaban J connectivity index is 1.20. The van der Waals surface area contributed by atoms with Crippen LogP contribution in [-0.2, 0) is 4.79 Å². The lowest BCUT2D eigenvalue weighted by atomic mass is 9.81. The van der Waals surface area contributed by atoms with Gasteiger partial charge in [-0.05, 0) is 62.8 Å². The first-order chi connectivity index (χ1) is 16.5. The molecule has 1 aliphatic heterocycles. The Morgan fingerprint density at radius 2 is 1.85 bits per heavy atom. The fourth-order valence-electron chi connectivity index (χ4n) is 4.77. The number of halogens is 1. The van der Waals surface area contributed by atoms with Crippen molar-refractivity contribution in [3.63, 3.8) is 0 Å². The summed E-state index contributed by atoms with van der Waals surface area (Å²) in [5.74, 6) is 2.12. The van der Waals surface area contributed by atoms with Crippen molar-refractivity contribution >= 4 is 40.5 Å². The molecule has 34 heavy (non-hydrogen) atoms. The van der Waals surface area contributed by atoms with E-state index in [9.17, 15) is 9.90 Å². The van der Waals surface area contributed by atoms with Gasteiger partial charge in [0.05, 0.1) is 21.7 Å². The van der Waals surface area contributed by atoms with E-state index in [0.717, 1.165) is 41.3 Å². The monoisotopic (exact) mass is 497 g/mol. The molecule has 5 rings (SSSR count). The molecule has 0 atom stereocenters. The van der Waals surface area contributed by atoms with Crippen LogP contribution in [0, 0.1) is 5.92 Å². The van der Waals surface area contributed by atoms with Crippen molar-refractivity contribution in [1.82, 2.24) is 19.9 Å². The molecule has 178 valence electrons. The van der Waals surface area contributed by atoms with E-state index in [4.69, 9.17) is 21.6 Å². The maximum atomic E-state index is 12.9. The molecule has 0 radical (unpaired) electrons. The highest BCUT2D eigenvalue weighted by Gasteiger charge is 2.32. The van der Waals surface area contributed by atoms with Crippen LogP contribution in [0.4, 0.5) is 11.6 Å². The lowest BCUT2D eigenvalue weighted by Crippen LogP contribution is -2.43. The fraction of sp³-hybridized carbons (Fsp3) is 0.440. The van der Waals surface area contributed by atoms with E-state index in [-0.39, 0.29) is 17.9 Å². The molecular weight excluding hydrogens is 470 g/mol. The predicted octanol–water partition coefficient (Wildman–Crippen LogP) is 5.25. The third kappa shape index (κ3) is 5.40. The molecule has 1 saturated heterocycles. The van der Waals surface area contributed by atoms with Gasteiger partial charge >= 0.3 is 0 Å². The van der Waals surface area contributed by atoms with Crippen molar-refractivity contribution in [1.29, 1.82) is 0 Å². The van der Waals surface area contributed by atoms with Crippen molar-refractivity contribution < 1.29 is 9.90 Å². The van der Waals surface area contributed by atoms with Gasteiger partial charge in [-0.15, -0.1) is 11.3 Å². The van der Waals surface area contributed by atoms with Crippen LogP contribution < -0.4 is 5.32 Å². The number of aromatic nitrogens is 3. The smallest absolute Gasteiger partial charge is 0.225 e. The number of carbonyl (C=O) groups is 1. The number of piperidine rings is 1. The lowest BCUT2D eigenvalue weighted by Gasteiger charge is -2.34. The van der Waals surface area contributed by atoms with Crippen LogP contribution in [0.3, 0.4) is 0 Å². The van der Waals surface area contributed by atoms with Crippen LogP contribution in [0.15, 0.2) is 42.7 Å². The zero-order valence-electron chi connectivity index (χ0n) is 18.9. The van der Waals surface area contributed by atoms with E-state index in [1.807, 2.05) is 29.3 Å². The van der Waals surface area contributed by atoms with E-state index in [2.05, 4.69) is 10.3 Å². The first-order valence-corrected chi connectivity index (χ1v) is 13.0. The number of thiazole rings is 1. The minimum atomic E-state index is -0.252. The molecule has 3 aromatic rings. The lowest BCUT2D eigenvalue weighted by molar-refractivity contribution is -0.138. The van der Waals surface area contributed by atoms with Crippen molar-refractivity contribution in [3.05, 3.63) is 52.8 Å². The Morgan fingerprint density at radius 3 is 2.62 bits per heavy atom. The minimum Gasteiger partial charge on any atom is -0.393 e. The van der Waals surface area contributed by atoms with E-state index >= 15 is 0 Å². The summed E-state index contributed by atoms with van der Waals surface area (Å²) in [5, 5.41) is 14.6. The van der Waals surface area contributed by atoms with Gasteiger partial charge in [0, 0.05) is 42.3 Å². The second-order valence-corrected chi connectivity index (χ2v) is 10.6. The number of pyridine rings is 2. The number of nitrogens with zero attached hydrogens (tertiary/aromatic N) is 4. The summed E-state index contributed by atoms with van der Waals surface area (Å²) in [6.45, 7) is 1.37. The normalized spacial score (nSPS) is 21.4. The summed E-state index contributed by atoms with van der Waals surface area (Å²) in [6, 6.07) is 9.34. The fourth-order valence-corrected chi connectivity index (χ4v) is 5.99. The van der Waals surface area contributed by atoms with E-state index in [0.29, 0.717) is 48.5 Å². The number of likely N-dealkylation sites (tertiary alicyclic amines) is 1. The maximum absolute atomic E-state index is 12.9. The highest BCUT2D eigenvalue weighted by atomic mass is 35.5. The number of nitrogens with one attached hydrogen (secondary N) is 1. The van der Waals surface area contributed by atoms with Gasteiger partial charge < -0.3 is 15.3 Å². The summed E-state index contributed by atoms with van der Waals surface area (Å²) in [7, 11) is 0. The molecule has 9 heteroatoms. The molecule has 3 aromatic heterocycles. The largest absolute Gasteiger partial charge is 0.393 e. The Kier molecular flexibility index (Phi) is 7.08. The van der Waals surface area contributed by atoms with Crippen LogP contribution >= 0.6 is 22.9 Å². The van der Waals surface area contributed by atoms with Gasteiger partial charge in [0.2, 0.25) is 5.91 Å². The van der Waals surface area contributed by atoms with Gasteiger partial charge in [0.25, 0.3) is 0 Å². The van der Waals surface area contributed by atoms with Crippen molar-refractivity contribution in [2.24, 2.45) is 5.92 Å². The van der Waals surface area contributed by atoms with E-state index in [1.54, 1.807) is 29.7 Å². The summed E-state index contributed by atoms with van der Waals surface area (Å²) >= 11 is 7.74. The molecule has 1 amide bonds. The van der Waals surface area contributed by atoms with Crippen molar-refractivity contribution in [3.8, 4) is 10.6 Å². The number of anilines is 2. The number of carbonyl (C=O) groups excluding carboxylic acids is 1. The van der Waals surface area contributed by atoms with Crippen molar-refractivity contribution in [2.75, 3.05) is 18.4 Å². The Labute approximate surface area is 208 Å². The molecule has 2 N–H and O–H groups in total. The zero-order chi connectivity index (χ0) is 23.5. The number of rotatable bonds is 5. The van der Waals surface area contributed by atoms with Crippen LogP contribution in [0.5, 0.6) is 0 Å². The van der Waals surface area contributed by atoms with E-state index < -0.39 is 0 Å². The van der Waals surface area contributed by atoms with Crippen molar-refractivity contribution in [2.45, 2.75) is 50.5 Å². The third-order valence-corrected chi connectivity index (χ3v) is 8.12. The maximum Gasteiger partial charge on any atom is 0.225 e. The number of amides is 1. The zero-order valence-corrected chi connectivity index (χ0v) is 20.4. The molecule has 1 aliphatic carbocycles. The second-order valence-electron chi connectivity index (χ2n) is 9.06. The molecule has 4 heterocycles. The molecule has 2 aliphatic rings. The third-order valence-electron chi connectivity index (χ3n) is 6.71. The number of hydrogen-bond donors (Lipinski definition) is 2. The van der Waals surface area contributed by atoms with Gasteiger partial charge in [-0.1, -0.05) is 17.7 Å². The summed E-state index contributed by atoms with van der Waals surface area (Å²) in [5.41, 5.74) is 0.868. The quantitative estimate of drug-likeness (QED) is 0.500. The van der Waals surface area contributed by atoms with Gasteiger partial charge in [-0.2, -0.15) is 0 Å². The van der Waals surface area contributed by atoms with Gasteiger partial charge in [-0.25, -0.2) is 15.0 Å². The summed E-state index contributed by atoms with van der Waals surface area (Å²) in [6.07, 6.45) is 8.47. The Hall–Kier alpha value is -2.55. The first-order valence-electron chi connectivity index (χ1n) is 11.8. The molecule has 0 unspecified atom stereocenters. The van der Waals surface area contributed by atoms with Crippen LogP contribution in [0.2, 0.25) is 5.02 Å². The van der Waals surface area contributed by atoms with Gasteiger partial charge in [-0.3, -0.25) is 4.79 Å². The van der Waals surface area contributed by atoms with Gasteiger partial charge in [0.1, 0.15) is 11.6 Å². The number of hydrogen-bond acceptors (Lipinski definition) is 7. The van der Waals surface area contributed by atoms with E-state index in [1.165, 1.54) is 0 Å². The van der Waals surface area contributed by atoms with Crippen LogP contribution in [0.1, 0.15) is 49.5 Å². The van der Waals surface area contributed by atoms with Gasteiger partial charge in [0.15, 0.2) is 0 Å². The molecule has 0 aromatic carbocycles. The second kappa shape index (κ2) is 10.4. The molecule has 0 spiro atoms. The molecule has 7 nitrogen and oxygen atoms in total. The molecule has 0 bridgehead atoms. The SMILES string of the molecule is O=C([C@H]1CC[C@H](c2ncc(-c3cccc(Nc4cc(Cl)ccn4)n3)s2)CC1)N1CCC(O)CC1. The number of aliphatic hydroxyl groups is 1. The standard InChI is InChI=1S/C25H28ClN5O2S/c26-18-8-11-27-23(14-18)30-22-3-1-2-20(29-22)21-15-28-24(34-21)16-4-6-17(7-5-16)25(33)31-12-9-19(32)10-13-31/h1-3,8,11,14-17,19,32H,4-7,9-10,12-13H2,(H,27,29,30)/t16-,17-. The molecular formula is C25H28ClN5O2S. The highest BCUT2D eigenvalue weighted by molar-refractivity contribution is 7.15. The average molecular weight is 498 g/mol. The summed E-state index contributed by atoms with van der Waals surface area (Å²) < 4.78 is 0. The average Bonchev–Trinajstić information content (AvgIpc) is 3.35. The number of aliphatic hydroxyl groups excluding tert-OH is 1. The molecule has 1 saturated carbocycles. The van der Waals surface area contributed by atoms with Crippen LogP contribution in [-0.4, -0.2) is 50.1 Å². The van der Waals surface area contributed by atoms with Crippen LogP contribution in [0.25, 0.3) is 10.6 Å². The highest BCUT2D eigenvalue weighted by Crippen LogP contribution is 2.40. The predicted molar refractivity (Wildman–Crippen MR) is 134 cm³/mol. The Morgan fingerprint density at radius 1 is 1.06 bits per heavy atom. The first kappa shape index (κ1) is 23.2.